The summed E-state index contributed by atoms with van der Waals surface area (Å²) in [6, 6.07) is 3.30. The highest BCUT2D eigenvalue weighted by Gasteiger charge is 2.33. The fourth-order valence-corrected chi connectivity index (χ4v) is 3.74. The Morgan fingerprint density at radius 2 is 2.23 bits per heavy atom. The van der Waals surface area contributed by atoms with Crippen molar-refractivity contribution < 1.29 is 4.79 Å². The zero-order chi connectivity index (χ0) is 18.3. The van der Waals surface area contributed by atoms with Crippen LogP contribution in [-0.4, -0.2) is 41.9 Å². The van der Waals surface area contributed by atoms with Gasteiger partial charge in [-0.3, -0.25) is 14.2 Å². The van der Waals surface area contributed by atoms with E-state index in [0.29, 0.717) is 35.2 Å². The molecule has 3 aromatic rings. The first kappa shape index (κ1) is 16.8. The summed E-state index contributed by atoms with van der Waals surface area (Å²) in [6.45, 7) is 2.58. The van der Waals surface area contributed by atoms with Gasteiger partial charge in [-0.15, -0.1) is 0 Å². The molecule has 0 saturated carbocycles. The van der Waals surface area contributed by atoms with Crippen molar-refractivity contribution in [3.8, 4) is 0 Å². The normalized spacial score (nSPS) is 17.8. The average Bonchev–Trinajstić information content (AvgIpc) is 3.24. The summed E-state index contributed by atoms with van der Waals surface area (Å²) in [5, 5.41) is 6.97. The highest BCUT2D eigenvalue weighted by atomic mass is 35.5. The van der Waals surface area contributed by atoms with E-state index in [4.69, 9.17) is 11.6 Å². The maximum atomic E-state index is 13.4. The molecule has 2 N–H and O–H groups in total. The minimum Gasteiger partial charge on any atom is -0.327 e. The number of imidazole rings is 1. The number of nitrogens with zero attached hydrogens (tertiary/aromatic N) is 4. The summed E-state index contributed by atoms with van der Waals surface area (Å²) in [5.41, 5.74) is 1.58. The first-order valence-corrected chi connectivity index (χ1v) is 9.08. The molecule has 0 spiro atoms. The van der Waals surface area contributed by atoms with Crippen molar-refractivity contribution in [1.29, 1.82) is 0 Å². The molecule has 4 heterocycles. The topological polar surface area (TPSA) is 99.2 Å². The van der Waals surface area contributed by atoms with Crippen LogP contribution in [0.25, 0.3) is 5.65 Å². The van der Waals surface area contributed by atoms with E-state index < -0.39 is 0 Å². The molecule has 0 bridgehead atoms. The molecule has 26 heavy (non-hydrogen) atoms. The second kappa shape index (κ2) is 6.60. The van der Waals surface area contributed by atoms with Crippen molar-refractivity contribution in [2.45, 2.75) is 38.6 Å². The van der Waals surface area contributed by atoms with Gasteiger partial charge in [0.2, 0.25) is 0 Å². The minimum atomic E-state index is -0.367. The molecule has 0 aliphatic carbocycles. The number of nitrogens with one attached hydrogen (secondary N) is 2. The fourth-order valence-electron chi connectivity index (χ4n) is 3.58. The molecular formula is C17H19ClN6O2. The molecule has 1 fully saturated rings. The average molecular weight is 375 g/mol. The van der Waals surface area contributed by atoms with Crippen molar-refractivity contribution in [2.24, 2.45) is 0 Å². The SMILES string of the molecule is CCc1nc2ccc(Cl)cn2c1C(=O)N1CCCC[C@H]1c1n[nH]c(=O)[nH]1. The molecular weight excluding hydrogens is 356 g/mol. The van der Waals surface area contributed by atoms with Gasteiger partial charge in [-0.1, -0.05) is 18.5 Å². The van der Waals surface area contributed by atoms with Gasteiger partial charge in [-0.2, -0.15) is 5.10 Å². The number of aromatic amines is 2. The lowest BCUT2D eigenvalue weighted by Crippen LogP contribution is -2.40. The lowest BCUT2D eigenvalue weighted by atomic mass is 10.0. The fraction of sp³-hybridized carbons (Fsp3) is 0.412. The Kier molecular flexibility index (Phi) is 4.28. The molecule has 9 heteroatoms. The number of aromatic nitrogens is 5. The van der Waals surface area contributed by atoms with Crippen molar-refractivity contribution in [2.75, 3.05) is 6.54 Å². The monoisotopic (exact) mass is 374 g/mol. The number of amides is 1. The molecule has 0 aromatic carbocycles. The number of carbonyl (C=O) groups excluding carboxylic acids is 1. The quantitative estimate of drug-likeness (QED) is 0.734. The molecule has 136 valence electrons. The van der Waals surface area contributed by atoms with Crippen molar-refractivity contribution in [3.05, 3.63) is 51.0 Å². The Morgan fingerprint density at radius 1 is 1.38 bits per heavy atom. The van der Waals surface area contributed by atoms with Gasteiger partial charge >= 0.3 is 5.69 Å². The first-order chi connectivity index (χ1) is 12.6. The van der Waals surface area contributed by atoms with Crippen LogP contribution in [0.1, 0.15) is 54.2 Å². The Hall–Kier alpha value is -2.61. The molecule has 8 nitrogen and oxygen atoms in total. The number of likely N-dealkylation sites (tertiary alicyclic amines) is 1. The van der Waals surface area contributed by atoms with Crippen LogP contribution < -0.4 is 5.69 Å². The number of piperidine rings is 1. The zero-order valence-electron chi connectivity index (χ0n) is 14.3. The lowest BCUT2D eigenvalue weighted by Gasteiger charge is -2.34. The molecule has 0 unspecified atom stereocenters. The standard InChI is InChI=1S/C17H19ClN6O2/c1-2-11-14(24-9-10(18)6-7-13(24)19-11)16(25)23-8-4-3-5-12(23)15-20-17(26)22-21-15/h6-7,9,12H,2-5,8H2,1H3,(H2,20,21,22,26)/t12-/m0/s1. The van der Waals surface area contributed by atoms with Gasteiger partial charge in [-0.25, -0.2) is 14.9 Å². The van der Waals surface area contributed by atoms with Crippen LogP contribution in [0, 0.1) is 0 Å². The van der Waals surface area contributed by atoms with Crippen LogP contribution in [0.15, 0.2) is 23.1 Å². The smallest absolute Gasteiger partial charge is 0.327 e. The molecule has 1 saturated heterocycles. The van der Waals surface area contributed by atoms with Gasteiger partial charge in [0.15, 0.2) is 5.82 Å². The van der Waals surface area contributed by atoms with Gasteiger partial charge in [0, 0.05) is 12.7 Å². The summed E-state index contributed by atoms with van der Waals surface area (Å²) in [5.74, 6) is 0.373. The van der Waals surface area contributed by atoms with E-state index in [-0.39, 0.29) is 17.6 Å². The zero-order valence-corrected chi connectivity index (χ0v) is 15.1. The number of aryl methyl sites for hydroxylation is 1. The van der Waals surface area contributed by atoms with Crippen LogP contribution in [0.5, 0.6) is 0 Å². The predicted octanol–water partition coefficient (Wildman–Crippen LogP) is 2.33. The number of halogens is 1. The van der Waals surface area contributed by atoms with E-state index >= 15 is 0 Å². The third-order valence-electron chi connectivity index (χ3n) is 4.79. The van der Waals surface area contributed by atoms with E-state index in [1.54, 1.807) is 27.6 Å². The summed E-state index contributed by atoms with van der Waals surface area (Å²) in [7, 11) is 0. The number of pyridine rings is 1. The number of rotatable bonds is 3. The summed E-state index contributed by atoms with van der Waals surface area (Å²) < 4.78 is 1.75. The molecule has 0 radical (unpaired) electrons. The van der Waals surface area contributed by atoms with Crippen LogP contribution in [0.3, 0.4) is 0 Å². The molecule has 1 aliphatic heterocycles. The summed E-state index contributed by atoms with van der Waals surface area (Å²) >= 11 is 6.13. The third-order valence-corrected chi connectivity index (χ3v) is 5.01. The van der Waals surface area contributed by atoms with Gasteiger partial charge in [0.05, 0.1) is 16.8 Å². The Labute approximate surface area is 154 Å². The van der Waals surface area contributed by atoms with E-state index in [1.165, 1.54) is 0 Å². The van der Waals surface area contributed by atoms with Crippen LogP contribution in [0.4, 0.5) is 0 Å². The van der Waals surface area contributed by atoms with Crippen molar-refractivity contribution in [1.82, 2.24) is 29.5 Å². The number of hydrogen-bond acceptors (Lipinski definition) is 4. The van der Waals surface area contributed by atoms with E-state index in [2.05, 4.69) is 20.2 Å². The molecule has 4 rings (SSSR count). The second-order valence-corrected chi connectivity index (χ2v) is 6.85. The maximum absolute atomic E-state index is 13.4. The maximum Gasteiger partial charge on any atom is 0.340 e. The molecule has 1 amide bonds. The molecule has 3 aromatic heterocycles. The van der Waals surface area contributed by atoms with Gasteiger partial charge in [0.25, 0.3) is 5.91 Å². The molecule has 1 atom stereocenters. The Bertz CT molecular complexity index is 1020. The van der Waals surface area contributed by atoms with Crippen molar-refractivity contribution in [3.63, 3.8) is 0 Å². The largest absolute Gasteiger partial charge is 0.340 e. The Balaban J connectivity index is 1.79. The van der Waals surface area contributed by atoms with Gasteiger partial charge < -0.3 is 4.90 Å². The molecule has 1 aliphatic rings. The number of H-pyrrole nitrogens is 2. The lowest BCUT2D eigenvalue weighted by molar-refractivity contribution is 0.0592. The van der Waals surface area contributed by atoms with Gasteiger partial charge in [-0.05, 0) is 37.8 Å². The number of hydrogen-bond donors (Lipinski definition) is 2. The minimum absolute atomic E-state index is 0.120. The highest BCUT2D eigenvalue weighted by molar-refractivity contribution is 6.30. The number of carbonyl (C=O) groups is 1. The predicted molar refractivity (Wildman–Crippen MR) is 96.4 cm³/mol. The first-order valence-electron chi connectivity index (χ1n) is 8.70. The number of fused-ring (bicyclic) bond motifs is 1. The third kappa shape index (κ3) is 2.80. The van der Waals surface area contributed by atoms with Gasteiger partial charge in [0.1, 0.15) is 11.3 Å². The van der Waals surface area contributed by atoms with Crippen LogP contribution in [0.2, 0.25) is 5.02 Å². The van der Waals surface area contributed by atoms with Crippen LogP contribution >= 0.6 is 11.6 Å². The van der Waals surface area contributed by atoms with Crippen LogP contribution in [-0.2, 0) is 6.42 Å². The second-order valence-electron chi connectivity index (χ2n) is 6.41. The van der Waals surface area contributed by atoms with E-state index in [0.717, 1.165) is 25.0 Å². The van der Waals surface area contributed by atoms with E-state index in [1.807, 2.05) is 6.92 Å². The van der Waals surface area contributed by atoms with E-state index in [9.17, 15) is 9.59 Å². The highest BCUT2D eigenvalue weighted by Crippen LogP contribution is 2.30. The summed E-state index contributed by atoms with van der Waals surface area (Å²) in [6.07, 6.45) is 4.99. The summed E-state index contributed by atoms with van der Waals surface area (Å²) in [4.78, 5) is 33.9. The Morgan fingerprint density at radius 3 is 2.96 bits per heavy atom. The van der Waals surface area contributed by atoms with Crippen molar-refractivity contribution >= 4 is 23.2 Å².